The van der Waals surface area contributed by atoms with Gasteiger partial charge in [-0.25, -0.2) is 0 Å². The largest absolute Gasteiger partial charge is 0.394 e. The first kappa shape index (κ1) is 10.2. The molecule has 0 aromatic rings. The predicted molar refractivity (Wildman–Crippen MR) is 14.2 cm³/mol. The molecular formula is H2HoO4S. The van der Waals surface area contributed by atoms with Gasteiger partial charge < -0.3 is 0 Å². The fourth-order valence-electron chi connectivity index (χ4n) is 0. The fraction of sp³-hybridized carbons (Fsp3) is 0. The van der Waals surface area contributed by atoms with Crippen molar-refractivity contribution in [3.05, 3.63) is 0 Å². The molecule has 0 saturated heterocycles. The first-order chi connectivity index (χ1) is 2.00. The maximum Gasteiger partial charge on any atom is 0.394 e. The normalized spacial score (nSPS) is 9.67. The third-order valence-electron chi connectivity index (χ3n) is 0. The van der Waals surface area contributed by atoms with Crippen molar-refractivity contribution in [2.75, 3.05) is 0 Å². The van der Waals surface area contributed by atoms with Crippen molar-refractivity contribution >= 4 is 10.4 Å². The van der Waals surface area contributed by atoms with Crippen molar-refractivity contribution in [2.45, 2.75) is 0 Å². The summed E-state index contributed by atoms with van der Waals surface area (Å²) in [5.41, 5.74) is 0. The van der Waals surface area contributed by atoms with Gasteiger partial charge in [0.15, 0.2) is 0 Å². The van der Waals surface area contributed by atoms with Crippen LogP contribution >= 0.6 is 0 Å². The van der Waals surface area contributed by atoms with Crippen LogP contribution in [-0.4, -0.2) is 17.5 Å². The van der Waals surface area contributed by atoms with Crippen LogP contribution in [0.5, 0.6) is 0 Å². The molecule has 6 heteroatoms. The van der Waals surface area contributed by atoms with E-state index in [1.807, 2.05) is 0 Å². The van der Waals surface area contributed by atoms with Gasteiger partial charge in [0.1, 0.15) is 0 Å². The van der Waals surface area contributed by atoms with Crippen LogP contribution in [0.15, 0.2) is 0 Å². The van der Waals surface area contributed by atoms with E-state index in [0.717, 1.165) is 0 Å². The first-order valence-corrected chi connectivity index (χ1v) is 2.10. The molecule has 6 heavy (non-hydrogen) atoms. The predicted octanol–water partition coefficient (Wildman–Crippen LogP) is -0.653. The van der Waals surface area contributed by atoms with Crippen molar-refractivity contribution in [3.63, 3.8) is 0 Å². The van der Waals surface area contributed by atoms with Crippen LogP contribution in [0, 0.1) is 37.7 Å². The molecule has 0 aromatic carbocycles. The average Bonchev–Trinajstić information content (AvgIpc) is 0.722. The maximum absolute atomic E-state index is 8.74. The minimum absolute atomic E-state index is 0. The minimum Gasteiger partial charge on any atom is -0.264 e. The van der Waals surface area contributed by atoms with Crippen LogP contribution < -0.4 is 0 Å². The van der Waals surface area contributed by atoms with Crippen LogP contribution in [0.1, 0.15) is 0 Å². The Kier molecular flexibility index (Phi) is 5.38. The Morgan fingerprint density at radius 2 is 1.17 bits per heavy atom. The third-order valence-corrected chi connectivity index (χ3v) is 0. The molecule has 4 nitrogen and oxygen atoms in total. The molecule has 0 aromatic heterocycles. The standard InChI is InChI=1S/Ho.H2O4S/c;1-5(2,3)4/h;(H2,1,2,3,4). The van der Waals surface area contributed by atoms with Gasteiger partial charge in [0.25, 0.3) is 0 Å². The van der Waals surface area contributed by atoms with Gasteiger partial charge in [-0.05, 0) is 0 Å². The van der Waals surface area contributed by atoms with Crippen LogP contribution in [0.2, 0.25) is 0 Å². The molecule has 0 amide bonds. The van der Waals surface area contributed by atoms with E-state index < -0.39 is 10.4 Å². The summed E-state index contributed by atoms with van der Waals surface area (Å²) in [5.74, 6) is 0. The van der Waals surface area contributed by atoms with E-state index in [0.29, 0.717) is 0 Å². The Bertz CT molecular complexity index is 90.7. The second kappa shape index (κ2) is 3.17. The minimum atomic E-state index is -4.67. The third kappa shape index (κ3) is 68.5. The maximum atomic E-state index is 8.74. The number of hydrogen-bond donors (Lipinski definition) is 2. The number of hydrogen-bond acceptors (Lipinski definition) is 2. The van der Waals surface area contributed by atoms with Crippen molar-refractivity contribution in [2.24, 2.45) is 0 Å². The van der Waals surface area contributed by atoms with Crippen LogP contribution in [0.25, 0.3) is 0 Å². The van der Waals surface area contributed by atoms with Gasteiger partial charge in [0, 0.05) is 37.7 Å². The molecule has 0 aliphatic carbocycles. The topological polar surface area (TPSA) is 74.6 Å². The smallest absolute Gasteiger partial charge is 0.264 e. The summed E-state index contributed by atoms with van der Waals surface area (Å²) >= 11 is 0. The monoisotopic (exact) mass is 263 g/mol. The Labute approximate surface area is 65.1 Å². The summed E-state index contributed by atoms with van der Waals surface area (Å²) in [6.07, 6.45) is 0. The van der Waals surface area contributed by atoms with E-state index in [2.05, 4.69) is 0 Å². The zero-order chi connectivity index (χ0) is 4.50. The van der Waals surface area contributed by atoms with Gasteiger partial charge in [0.2, 0.25) is 0 Å². The van der Waals surface area contributed by atoms with E-state index in [1.165, 1.54) is 0 Å². The summed E-state index contributed by atoms with van der Waals surface area (Å²) in [4.78, 5) is 0. The summed E-state index contributed by atoms with van der Waals surface area (Å²) in [7, 11) is -4.67. The van der Waals surface area contributed by atoms with Gasteiger partial charge >= 0.3 is 10.4 Å². The molecule has 0 bridgehead atoms. The van der Waals surface area contributed by atoms with E-state index in [4.69, 9.17) is 17.5 Å². The van der Waals surface area contributed by atoms with Crippen LogP contribution in [0.3, 0.4) is 0 Å². The van der Waals surface area contributed by atoms with Gasteiger partial charge in [-0.1, -0.05) is 0 Å². The first-order valence-electron chi connectivity index (χ1n) is 0.698. The van der Waals surface area contributed by atoms with E-state index >= 15 is 0 Å². The van der Waals surface area contributed by atoms with Crippen molar-refractivity contribution in [3.8, 4) is 0 Å². The molecule has 0 unspecified atom stereocenters. The Hall–Kier alpha value is 1.13. The van der Waals surface area contributed by atoms with Crippen molar-refractivity contribution in [1.82, 2.24) is 0 Å². The Morgan fingerprint density at radius 3 is 1.17 bits per heavy atom. The summed E-state index contributed by atoms with van der Waals surface area (Å²) in [5, 5.41) is 0. The van der Waals surface area contributed by atoms with E-state index in [-0.39, 0.29) is 37.7 Å². The second-order valence-electron chi connectivity index (χ2n) is 0.448. The zero-order valence-electron chi connectivity index (χ0n) is 2.42. The quantitative estimate of drug-likeness (QED) is 0.449. The van der Waals surface area contributed by atoms with Gasteiger partial charge in [-0.2, -0.15) is 8.42 Å². The molecule has 0 atom stereocenters. The van der Waals surface area contributed by atoms with Gasteiger partial charge in [-0.3, -0.25) is 9.11 Å². The molecule has 0 fully saturated rings. The summed E-state index contributed by atoms with van der Waals surface area (Å²) in [6.45, 7) is 0. The SMILES string of the molecule is O=S(=O)(O)O.[Ho]. The second-order valence-corrected chi connectivity index (χ2v) is 1.34. The molecule has 1 radical (unpaired) electrons. The zero-order valence-corrected chi connectivity index (χ0v) is 5.17. The molecule has 0 rings (SSSR count). The molecule has 0 heterocycles. The molecule has 0 aliphatic rings. The molecule has 0 aliphatic heterocycles. The van der Waals surface area contributed by atoms with Crippen molar-refractivity contribution < 1.29 is 55.3 Å². The molecular weight excluding hydrogens is 261 g/mol. The van der Waals surface area contributed by atoms with Gasteiger partial charge in [-0.15, -0.1) is 0 Å². The summed E-state index contributed by atoms with van der Waals surface area (Å²) in [6, 6.07) is 0. The average molecular weight is 263 g/mol. The summed E-state index contributed by atoms with van der Waals surface area (Å²) < 4.78 is 31.6. The molecule has 0 saturated carbocycles. The van der Waals surface area contributed by atoms with E-state index in [9.17, 15) is 0 Å². The van der Waals surface area contributed by atoms with Crippen LogP contribution in [0.4, 0.5) is 0 Å². The van der Waals surface area contributed by atoms with E-state index in [1.54, 1.807) is 0 Å². The molecule has 0 spiro atoms. The molecule has 2 N–H and O–H groups in total. The van der Waals surface area contributed by atoms with Crippen molar-refractivity contribution in [1.29, 1.82) is 0 Å². The number of rotatable bonds is 0. The Balaban J connectivity index is 0. The van der Waals surface area contributed by atoms with Crippen LogP contribution in [-0.2, 0) is 10.4 Å². The Morgan fingerprint density at radius 1 is 1.17 bits per heavy atom. The molecule has 43 valence electrons. The van der Waals surface area contributed by atoms with Gasteiger partial charge in [0.05, 0.1) is 0 Å². The fourth-order valence-corrected chi connectivity index (χ4v) is 0.